The van der Waals surface area contributed by atoms with Crippen molar-refractivity contribution in [1.82, 2.24) is 5.06 Å². The fourth-order valence-electron chi connectivity index (χ4n) is 3.90. The van der Waals surface area contributed by atoms with E-state index in [0.717, 1.165) is 38.5 Å². The molecule has 1 saturated heterocycles. The summed E-state index contributed by atoms with van der Waals surface area (Å²) in [5.41, 5.74) is -0.254. The lowest BCUT2D eigenvalue weighted by Crippen LogP contribution is -2.62. The zero-order chi connectivity index (χ0) is 13.1. The van der Waals surface area contributed by atoms with Crippen molar-refractivity contribution in [2.45, 2.75) is 90.6 Å². The smallest absolute Gasteiger partial charge is 0.0499 e. The lowest BCUT2D eigenvalue weighted by Gasteiger charge is -2.54. The summed E-state index contributed by atoms with van der Waals surface area (Å²) in [6.45, 7) is 11.0. The Morgan fingerprint density at radius 3 is 2.18 bits per heavy atom. The van der Waals surface area contributed by atoms with Gasteiger partial charge in [0.25, 0.3) is 0 Å². The van der Waals surface area contributed by atoms with Gasteiger partial charge in [0.1, 0.15) is 0 Å². The highest BCUT2D eigenvalue weighted by molar-refractivity contribution is 5.01. The Morgan fingerprint density at radius 1 is 1.12 bits per heavy atom. The molecular formula is C15H30NO. The number of hydrogen-bond acceptors (Lipinski definition) is 1. The molecule has 0 bridgehead atoms. The summed E-state index contributed by atoms with van der Waals surface area (Å²) < 4.78 is 0. The topological polar surface area (TPSA) is 23.1 Å². The maximum atomic E-state index is 12.8. The molecule has 3 unspecified atom stereocenters. The van der Waals surface area contributed by atoms with Gasteiger partial charge in [0, 0.05) is 11.1 Å². The molecule has 0 aliphatic carbocycles. The third kappa shape index (κ3) is 2.68. The number of rotatable bonds is 5. The van der Waals surface area contributed by atoms with Crippen molar-refractivity contribution >= 4 is 0 Å². The lowest BCUT2D eigenvalue weighted by atomic mass is 9.68. The minimum Gasteiger partial charge on any atom is -0.143 e. The van der Waals surface area contributed by atoms with E-state index in [4.69, 9.17) is 0 Å². The molecule has 101 valence electrons. The first-order chi connectivity index (χ1) is 7.94. The molecular weight excluding hydrogens is 210 g/mol. The fourth-order valence-corrected chi connectivity index (χ4v) is 3.90. The maximum absolute atomic E-state index is 12.8. The minimum atomic E-state index is -0.133. The fraction of sp³-hybridized carbons (Fsp3) is 1.00. The Bertz CT molecular complexity index is 243. The van der Waals surface area contributed by atoms with Crippen LogP contribution in [0.5, 0.6) is 0 Å². The van der Waals surface area contributed by atoms with Crippen molar-refractivity contribution < 1.29 is 5.21 Å². The minimum absolute atomic E-state index is 0.121. The van der Waals surface area contributed by atoms with Crippen LogP contribution in [-0.2, 0) is 5.21 Å². The van der Waals surface area contributed by atoms with E-state index in [1.807, 2.05) is 0 Å². The van der Waals surface area contributed by atoms with Crippen molar-refractivity contribution in [3.8, 4) is 0 Å². The highest BCUT2D eigenvalue weighted by Crippen LogP contribution is 2.46. The van der Waals surface area contributed by atoms with Gasteiger partial charge in [-0.25, -0.2) is 0 Å². The van der Waals surface area contributed by atoms with Crippen molar-refractivity contribution in [3.63, 3.8) is 0 Å². The van der Waals surface area contributed by atoms with Crippen LogP contribution in [0.4, 0.5) is 0 Å². The van der Waals surface area contributed by atoms with E-state index in [1.54, 1.807) is 0 Å². The van der Waals surface area contributed by atoms with Crippen LogP contribution in [0.2, 0.25) is 0 Å². The molecule has 0 aromatic heterocycles. The first kappa shape index (κ1) is 15.0. The lowest BCUT2D eigenvalue weighted by molar-refractivity contribution is -0.313. The first-order valence-corrected chi connectivity index (χ1v) is 7.42. The zero-order valence-corrected chi connectivity index (χ0v) is 12.4. The molecule has 2 nitrogen and oxygen atoms in total. The van der Waals surface area contributed by atoms with Crippen molar-refractivity contribution in [2.24, 2.45) is 5.92 Å². The third-order valence-electron chi connectivity index (χ3n) is 4.90. The maximum Gasteiger partial charge on any atom is 0.0499 e. The van der Waals surface area contributed by atoms with Crippen LogP contribution in [0.1, 0.15) is 79.6 Å². The standard InChI is InChI=1S/C15H30NO/c1-6-10-14(4)12-9-13(8-3)15(5,11-7-2)16(14)17/h13H,6-12H2,1-5H3. The van der Waals surface area contributed by atoms with Crippen LogP contribution in [0.15, 0.2) is 0 Å². The van der Waals surface area contributed by atoms with Gasteiger partial charge >= 0.3 is 0 Å². The monoisotopic (exact) mass is 240 g/mol. The van der Waals surface area contributed by atoms with Gasteiger partial charge < -0.3 is 0 Å². The summed E-state index contributed by atoms with van der Waals surface area (Å²) in [6, 6.07) is 0. The molecule has 3 atom stereocenters. The molecule has 1 radical (unpaired) electrons. The Morgan fingerprint density at radius 2 is 1.71 bits per heavy atom. The zero-order valence-electron chi connectivity index (χ0n) is 12.4. The third-order valence-corrected chi connectivity index (χ3v) is 4.90. The second-order valence-corrected chi connectivity index (χ2v) is 6.29. The van der Waals surface area contributed by atoms with Gasteiger partial charge in [-0.3, -0.25) is 0 Å². The van der Waals surface area contributed by atoms with Crippen LogP contribution >= 0.6 is 0 Å². The Kier molecular flexibility index (Phi) is 5.03. The summed E-state index contributed by atoms with van der Waals surface area (Å²) in [6.07, 6.45) is 7.71. The summed E-state index contributed by atoms with van der Waals surface area (Å²) in [5, 5.41) is 14.3. The van der Waals surface area contributed by atoms with E-state index < -0.39 is 0 Å². The van der Waals surface area contributed by atoms with E-state index in [2.05, 4.69) is 34.6 Å². The molecule has 0 saturated carbocycles. The molecule has 2 heteroatoms. The number of hydrogen-bond donors (Lipinski definition) is 0. The molecule has 0 aromatic rings. The predicted molar refractivity (Wildman–Crippen MR) is 72.2 cm³/mol. The largest absolute Gasteiger partial charge is 0.143 e. The highest BCUT2D eigenvalue weighted by Gasteiger charge is 2.50. The van der Waals surface area contributed by atoms with Gasteiger partial charge in [0.15, 0.2) is 0 Å². The molecule has 1 rings (SSSR count). The van der Waals surface area contributed by atoms with Gasteiger partial charge in [0.05, 0.1) is 0 Å². The Labute approximate surface area is 107 Å². The average Bonchev–Trinajstić information content (AvgIpc) is 2.28. The van der Waals surface area contributed by atoms with Crippen molar-refractivity contribution in [1.29, 1.82) is 0 Å². The van der Waals surface area contributed by atoms with Crippen LogP contribution < -0.4 is 0 Å². The van der Waals surface area contributed by atoms with Crippen LogP contribution in [0.25, 0.3) is 0 Å². The molecule has 1 aliphatic rings. The number of piperidine rings is 1. The Balaban J connectivity index is 2.94. The molecule has 0 amide bonds. The van der Waals surface area contributed by atoms with Crippen molar-refractivity contribution in [2.75, 3.05) is 0 Å². The van der Waals surface area contributed by atoms with E-state index >= 15 is 0 Å². The normalized spacial score (nSPS) is 39.5. The molecule has 0 N–H and O–H groups in total. The average molecular weight is 240 g/mol. The molecule has 1 heterocycles. The molecule has 0 aromatic carbocycles. The van der Waals surface area contributed by atoms with Crippen molar-refractivity contribution in [3.05, 3.63) is 0 Å². The summed E-state index contributed by atoms with van der Waals surface area (Å²) >= 11 is 0. The Hall–Kier alpha value is -0.0800. The number of hydroxylamine groups is 2. The van der Waals surface area contributed by atoms with Gasteiger partial charge in [-0.1, -0.05) is 40.0 Å². The van der Waals surface area contributed by atoms with E-state index in [1.165, 1.54) is 11.5 Å². The van der Waals surface area contributed by atoms with E-state index in [9.17, 15) is 5.21 Å². The van der Waals surface area contributed by atoms with Gasteiger partial charge in [-0.2, -0.15) is 0 Å². The summed E-state index contributed by atoms with van der Waals surface area (Å²) in [7, 11) is 0. The van der Waals surface area contributed by atoms with E-state index in [0.29, 0.717) is 5.92 Å². The first-order valence-electron chi connectivity index (χ1n) is 7.42. The second-order valence-electron chi connectivity index (χ2n) is 6.29. The van der Waals surface area contributed by atoms with Crippen LogP contribution in [0, 0.1) is 5.92 Å². The molecule has 17 heavy (non-hydrogen) atoms. The van der Waals surface area contributed by atoms with Crippen LogP contribution in [-0.4, -0.2) is 16.1 Å². The predicted octanol–water partition coefficient (Wildman–Crippen LogP) is 4.57. The van der Waals surface area contributed by atoms with Gasteiger partial charge in [0.2, 0.25) is 0 Å². The van der Waals surface area contributed by atoms with E-state index in [-0.39, 0.29) is 11.1 Å². The summed E-state index contributed by atoms with van der Waals surface area (Å²) in [4.78, 5) is 0. The second kappa shape index (κ2) is 5.71. The van der Waals surface area contributed by atoms with Gasteiger partial charge in [-0.15, -0.1) is 10.3 Å². The SMILES string of the molecule is CCCC1(C)CCC(CC)C(C)(CCC)N1[O]. The molecule has 0 spiro atoms. The molecule has 1 aliphatic heterocycles. The van der Waals surface area contributed by atoms with Crippen LogP contribution in [0.3, 0.4) is 0 Å². The summed E-state index contributed by atoms with van der Waals surface area (Å²) in [5.74, 6) is 0.574. The highest BCUT2D eigenvalue weighted by atomic mass is 16.5. The number of nitrogens with zero attached hydrogens (tertiary/aromatic N) is 1. The quantitative estimate of drug-likeness (QED) is 0.690. The van der Waals surface area contributed by atoms with Gasteiger partial charge in [-0.05, 0) is 45.4 Å². The molecule has 1 fully saturated rings.